The topological polar surface area (TPSA) is 63.2 Å². The third-order valence-corrected chi connectivity index (χ3v) is 6.24. The predicted molar refractivity (Wildman–Crippen MR) is 105 cm³/mol. The highest BCUT2D eigenvalue weighted by atomic mass is 79.9. The number of halogens is 1. The molecule has 7 heteroatoms. The Bertz CT molecular complexity index is 757. The number of nitrogens with one attached hydrogen (secondary N) is 2. The maximum Gasteiger partial charge on any atom is 0.256 e. The molecule has 1 aromatic carbocycles. The Balaban J connectivity index is 1.82. The first-order chi connectivity index (χ1) is 12.1. The van der Waals surface area contributed by atoms with E-state index in [9.17, 15) is 4.79 Å². The highest BCUT2D eigenvalue weighted by molar-refractivity contribution is 9.10. The molecule has 0 radical (unpaired) electrons. The van der Waals surface area contributed by atoms with Gasteiger partial charge in [-0.15, -0.1) is 0 Å². The van der Waals surface area contributed by atoms with Crippen LogP contribution in [-0.4, -0.2) is 37.1 Å². The van der Waals surface area contributed by atoms with Crippen LogP contribution in [0.3, 0.4) is 0 Å². The summed E-state index contributed by atoms with van der Waals surface area (Å²) in [6.45, 7) is 3.88. The molecule has 1 aromatic heterocycles. The first-order valence-electron chi connectivity index (χ1n) is 8.32. The summed E-state index contributed by atoms with van der Waals surface area (Å²) in [5.41, 5.74) is 2.54. The Labute approximate surface area is 160 Å². The molecule has 134 valence electrons. The van der Waals surface area contributed by atoms with Crippen molar-refractivity contribution in [3.05, 3.63) is 45.6 Å². The lowest BCUT2D eigenvalue weighted by atomic mass is 9.74. The molecule has 0 aliphatic carbocycles. The van der Waals surface area contributed by atoms with Gasteiger partial charge in [-0.2, -0.15) is 4.37 Å². The van der Waals surface area contributed by atoms with Crippen LogP contribution in [0.5, 0.6) is 0 Å². The van der Waals surface area contributed by atoms with E-state index in [1.165, 1.54) is 17.1 Å². The van der Waals surface area contributed by atoms with Crippen molar-refractivity contribution in [2.45, 2.75) is 25.2 Å². The average molecular weight is 424 g/mol. The number of amides is 1. The molecule has 0 spiro atoms. The van der Waals surface area contributed by atoms with Crippen molar-refractivity contribution >= 4 is 38.4 Å². The first-order valence-corrected chi connectivity index (χ1v) is 9.88. The second-order valence-corrected chi connectivity index (χ2v) is 8.00. The Hall–Kier alpha value is -1.44. The van der Waals surface area contributed by atoms with Crippen LogP contribution in [0, 0.1) is 6.92 Å². The number of carbonyl (C=O) groups is 1. The Morgan fingerprint density at radius 2 is 2.16 bits per heavy atom. The van der Waals surface area contributed by atoms with Crippen molar-refractivity contribution in [3.8, 4) is 0 Å². The van der Waals surface area contributed by atoms with Crippen LogP contribution in [0.25, 0.3) is 0 Å². The van der Waals surface area contributed by atoms with Gasteiger partial charge in [0.2, 0.25) is 0 Å². The molecule has 0 bridgehead atoms. The van der Waals surface area contributed by atoms with Crippen molar-refractivity contribution in [1.29, 1.82) is 0 Å². The van der Waals surface area contributed by atoms with Crippen molar-refractivity contribution in [1.82, 2.24) is 9.69 Å². The molecular weight excluding hydrogens is 402 g/mol. The summed E-state index contributed by atoms with van der Waals surface area (Å²) in [6, 6.07) is 8.35. The van der Waals surface area contributed by atoms with Crippen LogP contribution in [0.1, 0.15) is 34.5 Å². The zero-order valence-electron chi connectivity index (χ0n) is 14.4. The minimum Gasteiger partial charge on any atom is -0.381 e. The molecule has 2 heterocycles. The van der Waals surface area contributed by atoms with Crippen molar-refractivity contribution < 1.29 is 9.53 Å². The minimum absolute atomic E-state index is 0.0727. The predicted octanol–water partition coefficient (Wildman–Crippen LogP) is 3.73. The fourth-order valence-electron chi connectivity index (χ4n) is 3.29. The van der Waals surface area contributed by atoms with Gasteiger partial charge in [0.1, 0.15) is 5.00 Å². The van der Waals surface area contributed by atoms with Crippen LogP contribution < -0.4 is 10.6 Å². The fourth-order valence-corrected chi connectivity index (χ4v) is 4.44. The van der Waals surface area contributed by atoms with E-state index >= 15 is 0 Å². The molecule has 5 nitrogen and oxygen atoms in total. The van der Waals surface area contributed by atoms with E-state index in [-0.39, 0.29) is 11.3 Å². The molecular formula is C18H22BrN3O2S. The zero-order valence-corrected chi connectivity index (χ0v) is 16.8. The number of aromatic nitrogens is 1. The molecule has 0 atom stereocenters. The van der Waals surface area contributed by atoms with Gasteiger partial charge in [-0.25, -0.2) is 0 Å². The highest BCUT2D eigenvalue weighted by Crippen LogP contribution is 2.35. The number of carbonyl (C=O) groups excluding carboxylic acids is 1. The molecule has 25 heavy (non-hydrogen) atoms. The smallest absolute Gasteiger partial charge is 0.256 e. The number of aryl methyl sites for hydroxylation is 1. The lowest BCUT2D eigenvalue weighted by Gasteiger charge is -2.38. The summed E-state index contributed by atoms with van der Waals surface area (Å²) in [5, 5.41) is 7.00. The number of hydrogen-bond acceptors (Lipinski definition) is 5. The average Bonchev–Trinajstić information content (AvgIpc) is 3.01. The number of hydrogen-bond donors (Lipinski definition) is 2. The third-order valence-electron chi connectivity index (χ3n) is 4.79. The number of benzene rings is 1. The molecule has 1 saturated heterocycles. The summed E-state index contributed by atoms with van der Waals surface area (Å²) in [6.07, 6.45) is 1.78. The van der Waals surface area contributed by atoms with Crippen molar-refractivity contribution in [2.24, 2.45) is 0 Å². The van der Waals surface area contributed by atoms with E-state index in [4.69, 9.17) is 4.74 Å². The van der Waals surface area contributed by atoms with Gasteiger partial charge in [0.15, 0.2) is 0 Å². The number of anilines is 1. The van der Waals surface area contributed by atoms with E-state index in [1.54, 1.807) is 0 Å². The lowest BCUT2D eigenvalue weighted by molar-refractivity contribution is 0.0487. The number of rotatable bonds is 5. The maximum absolute atomic E-state index is 12.8. The lowest BCUT2D eigenvalue weighted by Crippen LogP contribution is -2.44. The first kappa shape index (κ1) is 18.4. The quantitative estimate of drug-likeness (QED) is 0.768. The molecule has 1 aliphatic heterocycles. The fraction of sp³-hybridized carbons (Fsp3) is 0.444. The van der Waals surface area contributed by atoms with Gasteiger partial charge in [0, 0.05) is 36.7 Å². The normalized spacial score (nSPS) is 16.4. The molecule has 2 N–H and O–H groups in total. The van der Waals surface area contributed by atoms with Gasteiger partial charge in [-0.1, -0.05) is 28.1 Å². The molecule has 1 fully saturated rings. The Morgan fingerprint density at radius 3 is 2.84 bits per heavy atom. The van der Waals surface area contributed by atoms with E-state index in [1.807, 2.05) is 26.1 Å². The Kier molecular flexibility index (Phi) is 5.76. The number of ether oxygens (including phenoxy) is 1. The SMILES string of the molecule is CNc1snc(C)c1C(=O)NCC1(c2cccc(Br)c2)CCOCC1. The zero-order chi connectivity index (χ0) is 17.9. The van der Waals surface area contributed by atoms with Gasteiger partial charge >= 0.3 is 0 Å². The van der Waals surface area contributed by atoms with E-state index in [0.717, 1.165) is 28.0 Å². The molecule has 2 aromatic rings. The van der Waals surface area contributed by atoms with Gasteiger partial charge in [-0.3, -0.25) is 4.79 Å². The van der Waals surface area contributed by atoms with Crippen LogP contribution in [-0.2, 0) is 10.2 Å². The Morgan fingerprint density at radius 1 is 1.40 bits per heavy atom. The summed E-state index contributed by atoms with van der Waals surface area (Å²) >= 11 is 4.87. The number of nitrogens with zero attached hydrogens (tertiary/aromatic N) is 1. The third kappa shape index (κ3) is 3.88. The monoisotopic (exact) mass is 423 g/mol. The second kappa shape index (κ2) is 7.85. The van der Waals surface area contributed by atoms with Gasteiger partial charge < -0.3 is 15.4 Å². The molecule has 0 unspecified atom stereocenters. The van der Waals surface area contributed by atoms with Crippen LogP contribution in [0.2, 0.25) is 0 Å². The van der Waals surface area contributed by atoms with Crippen molar-refractivity contribution in [3.63, 3.8) is 0 Å². The van der Waals surface area contributed by atoms with E-state index in [2.05, 4.69) is 43.1 Å². The summed E-state index contributed by atoms with van der Waals surface area (Å²) in [5.74, 6) is -0.0727. The van der Waals surface area contributed by atoms with Crippen molar-refractivity contribution in [2.75, 3.05) is 32.1 Å². The minimum atomic E-state index is -0.102. The molecule has 1 amide bonds. The van der Waals surface area contributed by atoms with Crippen LogP contribution >= 0.6 is 27.5 Å². The molecule has 1 aliphatic rings. The van der Waals surface area contributed by atoms with Gasteiger partial charge in [0.05, 0.1) is 11.3 Å². The second-order valence-electron chi connectivity index (χ2n) is 6.31. The molecule has 0 saturated carbocycles. The van der Waals surface area contributed by atoms with Crippen LogP contribution in [0.15, 0.2) is 28.7 Å². The molecule has 3 rings (SSSR count). The summed E-state index contributed by atoms with van der Waals surface area (Å²) < 4.78 is 10.9. The summed E-state index contributed by atoms with van der Waals surface area (Å²) in [7, 11) is 1.81. The largest absolute Gasteiger partial charge is 0.381 e. The van der Waals surface area contributed by atoms with E-state index < -0.39 is 0 Å². The van der Waals surface area contributed by atoms with Gasteiger partial charge in [-0.05, 0) is 49.0 Å². The standard InChI is InChI=1S/C18H22BrN3O2S/c1-12-15(17(20-2)25-22-12)16(23)21-11-18(6-8-24-9-7-18)13-4-3-5-14(19)10-13/h3-5,10,20H,6-9,11H2,1-2H3,(H,21,23). The van der Waals surface area contributed by atoms with Crippen LogP contribution in [0.4, 0.5) is 5.00 Å². The van der Waals surface area contributed by atoms with Gasteiger partial charge in [0.25, 0.3) is 5.91 Å². The highest BCUT2D eigenvalue weighted by Gasteiger charge is 2.35. The summed E-state index contributed by atoms with van der Waals surface area (Å²) in [4.78, 5) is 12.8. The van der Waals surface area contributed by atoms with E-state index in [0.29, 0.717) is 25.3 Å². The maximum atomic E-state index is 12.8.